The Morgan fingerprint density at radius 3 is 2.16 bits per heavy atom. The summed E-state index contributed by atoms with van der Waals surface area (Å²) in [6, 6.07) is -1.52. The van der Waals surface area contributed by atoms with Gasteiger partial charge in [0.1, 0.15) is 11.6 Å². The van der Waals surface area contributed by atoms with Gasteiger partial charge in [0, 0.05) is 0 Å². The van der Waals surface area contributed by atoms with E-state index in [1.54, 1.807) is 0 Å². The molecule has 7 heteroatoms. The molecule has 0 aliphatic rings. The molecule has 0 aromatic carbocycles. The van der Waals surface area contributed by atoms with E-state index in [2.05, 4.69) is 15.4 Å². The number of carboxylic acids is 1. The van der Waals surface area contributed by atoms with E-state index >= 15 is 0 Å². The number of carbonyl (C=O) groups is 3. The lowest BCUT2D eigenvalue weighted by Gasteiger charge is -2.24. The van der Waals surface area contributed by atoms with Crippen LogP contribution in [0.25, 0.3) is 0 Å². The summed E-state index contributed by atoms with van der Waals surface area (Å²) in [5.41, 5.74) is -1.41. The second-order valence-corrected chi connectivity index (χ2v) is 5.23. The molecule has 0 spiro atoms. The largest absolute Gasteiger partial charge is 0.480 e. The first-order chi connectivity index (χ1) is 8.60. The summed E-state index contributed by atoms with van der Waals surface area (Å²) < 4.78 is 4.59. The number of aliphatic carboxylic acids is 1. The van der Waals surface area contributed by atoms with Crippen LogP contribution in [0.1, 0.15) is 34.1 Å². The molecule has 0 aromatic heterocycles. The van der Waals surface area contributed by atoms with Crippen LogP contribution in [0.3, 0.4) is 0 Å². The Morgan fingerprint density at radius 2 is 1.79 bits per heavy atom. The number of rotatable bonds is 6. The summed E-state index contributed by atoms with van der Waals surface area (Å²) in [5.74, 6) is -1.55. The van der Waals surface area contributed by atoms with E-state index in [0.29, 0.717) is 6.42 Å². The standard InChI is InChI=1S/C12H22N2O5/c1-7(2)6-8(9(15)19-5)13-11(18)14-12(3,4)10(16)17/h7-8H,6H2,1-5H3,(H,16,17)(H2,13,14,18). The Bertz CT molecular complexity index is 352. The zero-order valence-corrected chi connectivity index (χ0v) is 11.9. The number of urea groups is 1. The Morgan fingerprint density at radius 1 is 1.26 bits per heavy atom. The maximum Gasteiger partial charge on any atom is 0.328 e. The van der Waals surface area contributed by atoms with Crippen molar-refractivity contribution >= 4 is 18.0 Å². The molecule has 0 aliphatic heterocycles. The molecule has 0 radical (unpaired) electrons. The average molecular weight is 274 g/mol. The van der Waals surface area contributed by atoms with E-state index in [0.717, 1.165) is 0 Å². The summed E-state index contributed by atoms with van der Waals surface area (Å²) in [7, 11) is 1.23. The van der Waals surface area contributed by atoms with Crippen LogP contribution < -0.4 is 10.6 Å². The second kappa shape index (κ2) is 6.96. The van der Waals surface area contributed by atoms with Gasteiger partial charge >= 0.3 is 18.0 Å². The first-order valence-corrected chi connectivity index (χ1v) is 6.00. The first-order valence-electron chi connectivity index (χ1n) is 6.00. The molecule has 1 unspecified atom stereocenters. The number of hydrogen-bond donors (Lipinski definition) is 3. The van der Waals surface area contributed by atoms with Gasteiger partial charge < -0.3 is 20.5 Å². The van der Waals surface area contributed by atoms with Crippen molar-refractivity contribution in [3.05, 3.63) is 0 Å². The van der Waals surface area contributed by atoms with E-state index in [-0.39, 0.29) is 5.92 Å². The maximum atomic E-state index is 11.7. The molecule has 1 atom stereocenters. The van der Waals surface area contributed by atoms with Gasteiger partial charge in [-0.1, -0.05) is 13.8 Å². The molecule has 7 nitrogen and oxygen atoms in total. The van der Waals surface area contributed by atoms with Gasteiger partial charge in [-0.15, -0.1) is 0 Å². The van der Waals surface area contributed by atoms with Gasteiger partial charge in [0.05, 0.1) is 7.11 Å². The van der Waals surface area contributed by atoms with Crippen molar-refractivity contribution in [1.82, 2.24) is 10.6 Å². The molecule has 0 saturated carbocycles. The van der Waals surface area contributed by atoms with Gasteiger partial charge in [0.25, 0.3) is 0 Å². The number of carbonyl (C=O) groups excluding carboxylic acids is 2. The van der Waals surface area contributed by atoms with Crippen molar-refractivity contribution in [1.29, 1.82) is 0 Å². The predicted octanol–water partition coefficient (Wildman–Crippen LogP) is 0.737. The molecular formula is C12H22N2O5. The molecule has 0 bridgehead atoms. The minimum atomic E-state index is -1.41. The van der Waals surface area contributed by atoms with E-state index in [4.69, 9.17) is 5.11 Å². The molecule has 19 heavy (non-hydrogen) atoms. The molecule has 110 valence electrons. The maximum absolute atomic E-state index is 11.7. The zero-order chi connectivity index (χ0) is 15.2. The van der Waals surface area contributed by atoms with Crippen LogP contribution in [-0.2, 0) is 14.3 Å². The number of ether oxygens (including phenoxy) is 1. The van der Waals surface area contributed by atoms with Crippen molar-refractivity contribution in [2.75, 3.05) is 7.11 Å². The lowest BCUT2D eigenvalue weighted by molar-refractivity contribution is -0.143. The average Bonchev–Trinajstić information content (AvgIpc) is 2.25. The van der Waals surface area contributed by atoms with Crippen molar-refractivity contribution in [2.45, 2.75) is 45.7 Å². The van der Waals surface area contributed by atoms with E-state index < -0.39 is 29.6 Å². The Hall–Kier alpha value is -1.79. The normalized spacial score (nSPS) is 12.7. The molecule has 2 amide bonds. The van der Waals surface area contributed by atoms with Gasteiger partial charge in [-0.3, -0.25) is 0 Å². The van der Waals surface area contributed by atoms with Crippen LogP contribution in [0.15, 0.2) is 0 Å². The van der Waals surface area contributed by atoms with Crippen molar-refractivity contribution in [3.8, 4) is 0 Å². The summed E-state index contributed by atoms with van der Waals surface area (Å²) in [6.45, 7) is 6.50. The van der Waals surface area contributed by atoms with Crippen LogP contribution in [0, 0.1) is 5.92 Å². The summed E-state index contributed by atoms with van der Waals surface area (Å²) in [5, 5.41) is 13.6. The molecule has 0 heterocycles. The minimum Gasteiger partial charge on any atom is -0.480 e. The number of hydrogen-bond acceptors (Lipinski definition) is 4. The zero-order valence-electron chi connectivity index (χ0n) is 11.9. The Balaban J connectivity index is 4.64. The van der Waals surface area contributed by atoms with Crippen molar-refractivity contribution < 1.29 is 24.2 Å². The fourth-order valence-corrected chi connectivity index (χ4v) is 1.36. The van der Waals surface area contributed by atoms with E-state index in [1.807, 2.05) is 13.8 Å². The number of methoxy groups -OCH3 is 1. The molecular weight excluding hydrogens is 252 g/mol. The highest BCUT2D eigenvalue weighted by Crippen LogP contribution is 2.07. The monoisotopic (exact) mass is 274 g/mol. The third kappa shape index (κ3) is 6.08. The highest BCUT2D eigenvalue weighted by atomic mass is 16.5. The molecule has 0 aliphatic carbocycles. The number of amides is 2. The minimum absolute atomic E-state index is 0.178. The predicted molar refractivity (Wildman–Crippen MR) is 68.6 cm³/mol. The summed E-state index contributed by atoms with van der Waals surface area (Å²) in [6.07, 6.45) is 0.410. The second-order valence-electron chi connectivity index (χ2n) is 5.23. The smallest absolute Gasteiger partial charge is 0.328 e. The summed E-state index contributed by atoms with van der Waals surface area (Å²) >= 11 is 0. The van der Waals surface area contributed by atoms with Gasteiger partial charge in [-0.05, 0) is 26.2 Å². The van der Waals surface area contributed by atoms with E-state index in [1.165, 1.54) is 21.0 Å². The van der Waals surface area contributed by atoms with Gasteiger partial charge in [0.15, 0.2) is 0 Å². The number of esters is 1. The topological polar surface area (TPSA) is 105 Å². The van der Waals surface area contributed by atoms with Gasteiger partial charge in [-0.25, -0.2) is 14.4 Å². The number of nitrogens with one attached hydrogen (secondary N) is 2. The van der Waals surface area contributed by atoms with Crippen molar-refractivity contribution in [2.24, 2.45) is 5.92 Å². The van der Waals surface area contributed by atoms with Crippen LogP contribution in [-0.4, -0.2) is 41.8 Å². The fraction of sp³-hybridized carbons (Fsp3) is 0.750. The quantitative estimate of drug-likeness (QED) is 0.619. The number of carboxylic acid groups (broad SMARTS) is 1. The summed E-state index contributed by atoms with van der Waals surface area (Å²) in [4.78, 5) is 34.1. The molecule has 0 rings (SSSR count). The third-order valence-corrected chi connectivity index (χ3v) is 2.46. The highest BCUT2D eigenvalue weighted by Gasteiger charge is 2.31. The van der Waals surface area contributed by atoms with Crippen LogP contribution in [0.4, 0.5) is 4.79 Å². The highest BCUT2D eigenvalue weighted by molar-refractivity contribution is 5.88. The van der Waals surface area contributed by atoms with Crippen LogP contribution >= 0.6 is 0 Å². The fourth-order valence-electron chi connectivity index (χ4n) is 1.36. The molecule has 0 saturated heterocycles. The SMILES string of the molecule is COC(=O)C(CC(C)C)NC(=O)NC(C)(C)C(=O)O. The van der Waals surface area contributed by atoms with Gasteiger partial charge in [0.2, 0.25) is 0 Å². The lowest BCUT2D eigenvalue weighted by atomic mass is 10.0. The Kier molecular flexibility index (Phi) is 6.31. The Labute approximate surface area is 112 Å². The van der Waals surface area contributed by atoms with Gasteiger partial charge in [-0.2, -0.15) is 0 Å². The lowest BCUT2D eigenvalue weighted by Crippen LogP contribution is -2.56. The molecule has 3 N–H and O–H groups in total. The first kappa shape index (κ1) is 17.2. The van der Waals surface area contributed by atoms with Crippen molar-refractivity contribution in [3.63, 3.8) is 0 Å². The molecule has 0 aromatic rings. The van der Waals surface area contributed by atoms with Crippen LogP contribution in [0.2, 0.25) is 0 Å². The molecule has 0 fully saturated rings. The third-order valence-electron chi connectivity index (χ3n) is 2.46. The van der Waals surface area contributed by atoms with Crippen LogP contribution in [0.5, 0.6) is 0 Å². The van der Waals surface area contributed by atoms with E-state index in [9.17, 15) is 14.4 Å².